The summed E-state index contributed by atoms with van der Waals surface area (Å²) in [6.07, 6.45) is -3.01. The van der Waals surface area contributed by atoms with E-state index in [4.69, 9.17) is 0 Å². The Morgan fingerprint density at radius 1 is 1.05 bits per heavy atom. The van der Waals surface area contributed by atoms with E-state index in [-0.39, 0.29) is 6.04 Å². The molecule has 0 aliphatic heterocycles. The number of nitrogens with one attached hydrogen (secondary N) is 1. The molecule has 2 aromatic rings. The highest BCUT2D eigenvalue weighted by molar-refractivity contribution is 5.43. The second-order valence-electron chi connectivity index (χ2n) is 4.36. The number of hydrogen-bond donors (Lipinski definition) is 1. The van der Waals surface area contributed by atoms with E-state index >= 15 is 0 Å². The summed E-state index contributed by atoms with van der Waals surface area (Å²) in [4.78, 5) is 3.49. The summed E-state index contributed by atoms with van der Waals surface area (Å²) in [5.74, 6) is -0.585. The first-order valence-corrected chi connectivity index (χ1v) is 5.91. The van der Waals surface area contributed by atoms with Crippen molar-refractivity contribution in [1.29, 1.82) is 0 Å². The zero-order chi connectivity index (χ0) is 14.8. The lowest BCUT2D eigenvalue weighted by Gasteiger charge is -2.16. The first-order valence-electron chi connectivity index (χ1n) is 5.91. The molecule has 6 heteroatoms. The van der Waals surface area contributed by atoms with Gasteiger partial charge in [0.2, 0.25) is 5.95 Å². The molecule has 1 atom stereocenters. The van der Waals surface area contributed by atoms with Crippen LogP contribution in [0.1, 0.15) is 24.1 Å². The maximum atomic E-state index is 12.7. The van der Waals surface area contributed by atoms with Gasteiger partial charge >= 0.3 is 6.18 Å². The predicted molar refractivity (Wildman–Crippen MR) is 67.7 cm³/mol. The molecule has 106 valence electrons. The van der Waals surface area contributed by atoms with Crippen LogP contribution in [0, 0.1) is 5.95 Å². The van der Waals surface area contributed by atoms with Crippen LogP contribution in [-0.2, 0) is 6.18 Å². The van der Waals surface area contributed by atoms with Gasteiger partial charge in [0.15, 0.2) is 0 Å². The van der Waals surface area contributed by atoms with Gasteiger partial charge in [-0.05, 0) is 36.8 Å². The van der Waals surface area contributed by atoms with Crippen LogP contribution in [0.4, 0.5) is 23.2 Å². The Hall–Kier alpha value is -2.11. The number of benzene rings is 1. The van der Waals surface area contributed by atoms with Crippen molar-refractivity contribution in [1.82, 2.24) is 4.98 Å². The van der Waals surface area contributed by atoms with E-state index in [1.807, 2.05) is 0 Å². The van der Waals surface area contributed by atoms with Gasteiger partial charge in [-0.25, -0.2) is 4.98 Å². The third-order valence-electron chi connectivity index (χ3n) is 2.85. The molecule has 1 aromatic heterocycles. The van der Waals surface area contributed by atoms with Gasteiger partial charge in [0.1, 0.15) is 0 Å². The molecule has 0 amide bonds. The number of pyridine rings is 1. The van der Waals surface area contributed by atoms with Crippen LogP contribution in [-0.4, -0.2) is 4.98 Å². The van der Waals surface area contributed by atoms with E-state index in [0.717, 1.165) is 12.1 Å². The zero-order valence-electron chi connectivity index (χ0n) is 10.6. The van der Waals surface area contributed by atoms with Crippen molar-refractivity contribution in [3.8, 4) is 0 Å². The van der Waals surface area contributed by atoms with E-state index in [1.54, 1.807) is 6.92 Å². The smallest absolute Gasteiger partial charge is 0.377 e. The lowest BCUT2D eigenvalue weighted by Crippen LogP contribution is -2.09. The number of nitrogens with zero attached hydrogens (tertiary/aromatic N) is 1. The van der Waals surface area contributed by atoms with Crippen LogP contribution < -0.4 is 5.32 Å². The number of alkyl halides is 3. The predicted octanol–water partition coefficient (Wildman–Crippen LogP) is 4.41. The van der Waals surface area contributed by atoms with Crippen molar-refractivity contribution in [2.45, 2.75) is 19.1 Å². The van der Waals surface area contributed by atoms with Gasteiger partial charge in [0, 0.05) is 6.04 Å². The molecule has 0 aliphatic rings. The van der Waals surface area contributed by atoms with Gasteiger partial charge in [0.25, 0.3) is 0 Å². The topological polar surface area (TPSA) is 24.9 Å². The van der Waals surface area contributed by atoms with Gasteiger partial charge < -0.3 is 5.32 Å². The molecule has 0 saturated carbocycles. The Labute approximate surface area is 113 Å². The maximum Gasteiger partial charge on any atom is 0.416 e. The van der Waals surface area contributed by atoms with Crippen LogP contribution in [0.2, 0.25) is 0 Å². The minimum atomic E-state index is -4.34. The molecule has 0 spiro atoms. The summed E-state index contributed by atoms with van der Waals surface area (Å²) >= 11 is 0. The van der Waals surface area contributed by atoms with Crippen molar-refractivity contribution in [2.75, 3.05) is 5.32 Å². The number of aromatic nitrogens is 1. The summed E-state index contributed by atoms with van der Waals surface area (Å²) in [6.45, 7) is 1.80. The molecule has 0 fully saturated rings. The minimum Gasteiger partial charge on any atom is -0.377 e. The van der Waals surface area contributed by atoms with E-state index in [2.05, 4.69) is 10.3 Å². The number of anilines is 1. The first kappa shape index (κ1) is 14.3. The second-order valence-corrected chi connectivity index (χ2v) is 4.36. The second kappa shape index (κ2) is 5.48. The minimum absolute atomic E-state index is 0.218. The molecule has 1 heterocycles. The van der Waals surface area contributed by atoms with E-state index < -0.39 is 17.7 Å². The maximum absolute atomic E-state index is 12.7. The Balaban J connectivity index is 2.09. The third kappa shape index (κ3) is 3.46. The SMILES string of the molecule is CC(Nc1ccc(F)nc1)c1ccc(C(F)(F)F)cc1. The summed E-state index contributed by atoms with van der Waals surface area (Å²) < 4.78 is 50.0. The molecule has 2 nitrogen and oxygen atoms in total. The van der Waals surface area contributed by atoms with Crippen LogP contribution >= 0.6 is 0 Å². The molecule has 1 aromatic carbocycles. The molecule has 2 rings (SSSR count). The fourth-order valence-electron chi connectivity index (χ4n) is 1.76. The number of halogens is 4. The van der Waals surface area contributed by atoms with Crippen LogP contribution in [0.3, 0.4) is 0 Å². The molecule has 0 radical (unpaired) electrons. The lowest BCUT2D eigenvalue weighted by atomic mass is 10.1. The highest BCUT2D eigenvalue weighted by atomic mass is 19.4. The Bertz CT molecular complexity index is 561. The first-order chi connectivity index (χ1) is 9.36. The Kier molecular flexibility index (Phi) is 3.92. The summed E-state index contributed by atoms with van der Waals surface area (Å²) in [5, 5.41) is 3.03. The van der Waals surface area contributed by atoms with Gasteiger partial charge in [-0.3, -0.25) is 0 Å². The lowest BCUT2D eigenvalue weighted by molar-refractivity contribution is -0.137. The highest BCUT2D eigenvalue weighted by Crippen LogP contribution is 2.30. The largest absolute Gasteiger partial charge is 0.416 e. The van der Waals surface area contributed by atoms with Crippen molar-refractivity contribution >= 4 is 5.69 Å². The summed E-state index contributed by atoms with van der Waals surface area (Å²) in [7, 11) is 0. The molecule has 1 N–H and O–H groups in total. The van der Waals surface area contributed by atoms with Crippen LogP contribution in [0.5, 0.6) is 0 Å². The molecule has 20 heavy (non-hydrogen) atoms. The van der Waals surface area contributed by atoms with E-state index in [1.165, 1.54) is 30.5 Å². The fourth-order valence-corrected chi connectivity index (χ4v) is 1.76. The summed E-state index contributed by atoms with van der Waals surface area (Å²) in [5.41, 5.74) is 0.609. The van der Waals surface area contributed by atoms with Crippen molar-refractivity contribution in [3.05, 3.63) is 59.7 Å². The van der Waals surface area contributed by atoms with Crippen LogP contribution in [0.15, 0.2) is 42.6 Å². The summed E-state index contributed by atoms with van der Waals surface area (Å²) in [6, 6.07) is 7.41. The monoisotopic (exact) mass is 284 g/mol. The van der Waals surface area contributed by atoms with E-state index in [9.17, 15) is 17.6 Å². The van der Waals surface area contributed by atoms with Gasteiger partial charge in [0.05, 0.1) is 17.4 Å². The Morgan fingerprint density at radius 2 is 1.70 bits per heavy atom. The number of hydrogen-bond acceptors (Lipinski definition) is 2. The van der Waals surface area contributed by atoms with Gasteiger partial charge in [-0.15, -0.1) is 0 Å². The molecule has 0 bridgehead atoms. The molecule has 0 aliphatic carbocycles. The van der Waals surface area contributed by atoms with Crippen molar-refractivity contribution in [3.63, 3.8) is 0 Å². The average molecular weight is 284 g/mol. The van der Waals surface area contributed by atoms with E-state index in [0.29, 0.717) is 11.3 Å². The zero-order valence-corrected chi connectivity index (χ0v) is 10.6. The fraction of sp³-hybridized carbons (Fsp3) is 0.214. The molecule has 1 unspecified atom stereocenters. The van der Waals surface area contributed by atoms with Crippen molar-refractivity contribution in [2.24, 2.45) is 0 Å². The third-order valence-corrected chi connectivity index (χ3v) is 2.85. The number of rotatable bonds is 3. The molecular weight excluding hydrogens is 272 g/mol. The van der Waals surface area contributed by atoms with Gasteiger partial charge in [-0.1, -0.05) is 12.1 Å². The molecular formula is C14H12F4N2. The van der Waals surface area contributed by atoms with Crippen molar-refractivity contribution < 1.29 is 17.6 Å². The normalized spacial score (nSPS) is 13.1. The standard InChI is InChI=1S/C14H12F4N2/c1-9(20-12-6-7-13(15)19-8-12)10-2-4-11(5-3-10)14(16,17)18/h2-9,20H,1H3. The Morgan fingerprint density at radius 3 is 2.20 bits per heavy atom. The molecule has 0 saturated heterocycles. The average Bonchev–Trinajstić information content (AvgIpc) is 2.40. The highest BCUT2D eigenvalue weighted by Gasteiger charge is 2.30. The van der Waals surface area contributed by atoms with Crippen LogP contribution in [0.25, 0.3) is 0 Å². The quantitative estimate of drug-likeness (QED) is 0.667. The van der Waals surface area contributed by atoms with Gasteiger partial charge in [-0.2, -0.15) is 17.6 Å².